The van der Waals surface area contributed by atoms with Gasteiger partial charge in [-0.25, -0.2) is 4.98 Å². The lowest BCUT2D eigenvalue weighted by Gasteiger charge is -2.24. The topological polar surface area (TPSA) is 85.3 Å². The molecule has 1 aliphatic carbocycles. The van der Waals surface area contributed by atoms with Crippen LogP contribution < -0.4 is 4.90 Å². The molecule has 0 aliphatic heterocycles. The molecule has 4 aromatic rings. The first-order valence-electron chi connectivity index (χ1n) is 10.6. The summed E-state index contributed by atoms with van der Waals surface area (Å²) in [4.78, 5) is 7.09. The van der Waals surface area contributed by atoms with Crippen LogP contribution in [-0.2, 0) is 12.8 Å². The van der Waals surface area contributed by atoms with Gasteiger partial charge in [-0.05, 0) is 61.1 Å². The van der Waals surface area contributed by atoms with E-state index >= 15 is 0 Å². The van der Waals surface area contributed by atoms with E-state index in [9.17, 15) is 10.2 Å². The van der Waals surface area contributed by atoms with E-state index in [4.69, 9.17) is 4.98 Å². The first-order valence-corrected chi connectivity index (χ1v) is 10.6. The third-order valence-corrected chi connectivity index (χ3v) is 6.14. The molecule has 5 rings (SSSR count). The molecule has 0 radical (unpaired) electrons. The third-order valence-electron chi connectivity index (χ3n) is 6.14. The molecule has 0 saturated carbocycles. The van der Waals surface area contributed by atoms with Crippen molar-refractivity contribution < 1.29 is 10.2 Å². The van der Waals surface area contributed by atoms with Crippen molar-refractivity contribution in [3.05, 3.63) is 53.7 Å². The number of fused-ring (bicyclic) bond motifs is 5. The summed E-state index contributed by atoms with van der Waals surface area (Å²) < 4.78 is 0. The van der Waals surface area contributed by atoms with Gasteiger partial charge in [-0.1, -0.05) is 12.1 Å². The molecular formula is C24H26N4O2. The van der Waals surface area contributed by atoms with Crippen molar-refractivity contribution in [2.45, 2.75) is 25.7 Å². The van der Waals surface area contributed by atoms with Crippen LogP contribution in [0.2, 0.25) is 0 Å². The van der Waals surface area contributed by atoms with Crippen LogP contribution in [-0.4, -0.2) is 51.7 Å². The number of nitrogens with one attached hydrogen (secondary N) is 1. The highest BCUT2D eigenvalue weighted by atomic mass is 16.3. The van der Waals surface area contributed by atoms with Crippen LogP contribution in [0.15, 0.2) is 42.6 Å². The zero-order valence-corrected chi connectivity index (χ0v) is 16.9. The van der Waals surface area contributed by atoms with Crippen molar-refractivity contribution in [1.82, 2.24) is 15.2 Å². The number of nitrogens with zero attached hydrogens (tertiary/aromatic N) is 3. The number of pyridine rings is 1. The minimum Gasteiger partial charge on any atom is -0.395 e. The molecule has 0 bridgehead atoms. The van der Waals surface area contributed by atoms with E-state index in [2.05, 4.69) is 46.6 Å². The predicted octanol–water partition coefficient (Wildman–Crippen LogP) is 3.45. The van der Waals surface area contributed by atoms with Crippen LogP contribution in [0, 0.1) is 0 Å². The van der Waals surface area contributed by atoms with Gasteiger partial charge in [-0.2, -0.15) is 5.10 Å². The van der Waals surface area contributed by atoms with Gasteiger partial charge in [-0.15, -0.1) is 0 Å². The molecule has 30 heavy (non-hydrogen) atoms. The fourth-order valence-corrected chi connectivity index (χ4v) is 4.73. The lowest BCUT2D eigenvalue weighted by atomic mass is 9.85. The summed E-state index contributed by atoms with van der Waals surface area (Å²) in [6.45, 7) is 1.13. The lowest BCUT2D eigenvalue weighted by molar-refractivity contribution is 0.281. The van der Waals surface area contributed by atoms with Crippen LogP contribution >= 0.6 is 0 Å². The minimum atomic E-state index is 0.0595. The molecule has 0 fully saturated rings. The Labute approximate surface area is 175 Å². The summed E-state index contributed by atoms with van der Waals surface area (Å²) in [5.74, 6) is 0. The molecule has 2 heterocycles. The molecule has 3 N–H and O–H groups in total. The van der Waals surface area contributed by atoms with Crippen molar-refractivity contribution in [2.75, 3.05) is 31.2 Å². The largest absolute Gasteiger partial charge is 0.395 e. The zero-order valence-electron chi connectivity index (χ0n) is 16.9. The number of benzene rings is 2. The maximum absolute atomic E-state index is 9.31. The van der Waals surface area contributed by atoms with Gasteiger partial charge in [0.2, 0.25) is 0 Å². The summed E-state index contributed by atoms with van der Waals surface area (Å²) in [6.07, 6.45) is 6.43. The van der Waals surface area contributed by atoms with Crippen molar-refractivity contribution in [3.63, 3.8) is 0 Å². The van der Waals surface area contributed by atoms with E-state index in [1.165, 1.54) is 29.4 Å². The Morgan fingerprint density at radius 3 is 2.37 bits per heavy atom. The van der Waals surface area contributed by atoms with Gasteiger partial charge in [-0.3, -0.25) is 5.10 Å². The Morgan fingerprint density at radius 1 is 0.900 bits per heavy atom. The van der Waals surface area contributed by atoms with Crippen molar-refractivity contribution in [1.29, 1.82) is 0 Å². The normalized spacial score (nSPS) is 13.7. The van der Waals surface area contributed by atoms with E-state index in [0.717, 1.165) is 46.2 Å². The number of aliphatic hydroxyl groups excluding tert-OH is 2. The van der Waals surface area contributed by atoms with Crippen LogP contribution in [0.25, 0.3) is 33.1 Å². The molecule has 1 aliphatic rings. The number of rotatable bonds is 6. The monoisotopic (exact) mass is 402 g/mol. The van der Waals surface area contributed by atoms with Crippen LogP contribution in [0.4, 0.5) is 5.69 Å². The Morgan fingerprint density at radius 2 is 1.63 bits per heavy atom. The van der Waals surface area contributed by atoms with E-state index in [1.54, 1.807) is 0 Å². The third kappa shape index (κ3) is 3.22. The maximum atomic E-state index is 9.31. The Bertz CT molecular complexity index is 1180. The highest BCUT2D eigenvalue weighted by molar-refractivity contribution is 6.07. The fourth-order valence-electron chi connectivity index (χ4n) is 4.73. The van der Waals surface area contributed by atoms with Gasteiger partial charge in [0.15, 0.2) is 0 Å². The van der Waals surface area contributed by atoms with Gasteiger partial charge >= 0.3 is 0 Å². The number of aryl methyl sites for hydroxylation is 1. The molecule has 0 atom stereocenters. The van der Waals surface area contributed by atoms with Gasteiger partial charge in [0, 0.05) is 35.1 Å². The molecule has 0 unspecified atom stereocenters. The molecule has 0 spiro atoms. The summed E-state index contributed by atoms with van der Waals surface area (Å²) in [6, 6.07) is 12.5. The fraction of sp³-hybridized carbons (Fsp3) is 0.333. The number of hydrogen-bond donors (Lipinski definition) is 3. The first-order chi connectivity index (χ1) is 14.8. The maximum Gasteiger partial charge on any atom is 0.0744 e. The molecule has 0 saturated heterocycles. The molecule has 154 valence electrons. The van der Waals surface area contributed by atoms with Crippen molar-refractivity contribution in [2.24, 2.45) is 0 Å². The van der Waals surface area contributed by atoms with Crippen LogP contribution in [0.1, 0.15) is 24.0 Å². The highest BCUT2D eigenvalue weighted by Gasteiger charge is 2.21. The second-order valence-electron chi connectivity index (χ2n) is 7.90. The van der Waals surface area contributed by atoms with E-state index in [1.807, 2.05) is 11.1 Å². The molecule has 2 aromatic heterocycles. The molecule has 6 nitrogen and oxygen atoms in total. The van der Waals surface area contributed by atoms with Gasteiger partial charge in [0.1, 0.15) is 0 Å². The van der Waals surface area contributed by atoms with Gasteiger partial charge < -0.3 is 15.1 Å². The van der Waals surface area contributed by atoms with Crippen molar-refractivity contribution >= 4 is 27.5 Å². The smallest absolute Gasteiger partial charge is 0.0744 e. The lowest BCUT2D eigenvalue weighted by Crippen LogP contribution is -2.29. The summed E-state index contributed by atoms with van der Waals surface area (Å²) in [7, 11) is 0. The number of anilines is 1. The molecule has 0 amide bonds. The molecule has 2 aromatic carbocycles. The summed E-state index contributed by atoms with van der Waals surface area (Å²) in [5.41, 5.74) is 8.03. The average molecular weight is 402 g/mol. The molecule has 6 heteroatoms. The number of aliphatic hydroxyl groups is 2. The second-order valence-corrected chi connectivity index (χ2v) is 7.90. The van der Waals surface area contributed by atoms with E-state index in [-0.39, 0.29) is 13.2 Å². The van der Waals surface area contributed by atoms with Crippen molar-refractivity contribution in [3.8, 4) is 11.3 Å². The van der Waals surface area contributed by atoms with E-state index in [0.29, 0.717) is 13.1 Å². The predicted molar refractivity (Wildman–Crippen MR) is 120 cm³/mol. The Kier molecular flexibility index (Phi) is 5.11. The average Bonchev–Trinajstić information content (AvgIpc) is 3.27. The Hall–Kier alpha value is -2.96. The quantitative estimate of drug-likeness (QED) is 0.460. The summed E-state index contributed by atoms with van der Waals surface area (Å²) in [5, 5.41) is 28.3. The molecular weight excluding hydrogens is 376 g/mol. The first kappa shape index (κ1) is 19.0. The van der Waals surface area contributed by atoms with Gasteiger partial charge in [0.25, 0.3) is 0 Å². The number of aromatic amines is 1. The number of H-pyrrole nitrogens is 1. The minimum absolute atomic E-state index is 0.0595. The van der Waals surface area contributed by atoms with E-state index < -0.39 is 0 Å². The standard InChI is InChI=1S/C24H26N4O2/c29-13-11-28(12-14-30)17-7-5-16(6-8-17)24-19-4-2-1-3-18(19)23-20-15-25-27-21(20)9-10-22(23)26-24/h5-10,15,29-30H,1-4,11-14H2,(H,25,27). The van der Waals surface area contributed by atoms with Crippen LogP contribution in [0.3, 0.4) is 0 Å². The van der Waals surface area contributed by atoms with Crippen LogP contribution in [0.5, 0.6) is 0 Å². The number of hydrogen-bond acceptors (Lipinski definition) is 5. The van der Waals surface area contributed by atoms with Gasteiger partial charge in [0.05, 0.1) is 36.1 Å². The Balaban J connectivity index is 1.63. The number of aromatic nitrogens is 3. The SMILES string of the molecule is OCCN(CCO)c1ccc(-c2nc3ccc4[nH]ncc4c3c3c2CCCC3)cc1. The second kappa shape index (κ2) is 8.05. The summed E-state index contributed by atoms with van der Waals surface area (Å²) >= 11 is 0. The zero-order chi connectivity index (χ0) is 20.5. The highest BCUT2D eigenvalue weighted by Crippen LogP contribution is 2.38.